The average molecular weight is 935 g/mol. The van der Waals surface area contributed by atoms with Gasteiger partial charge in [0.05, 0.1) is 21.9 Å². The number of rotatable bonds is 4. The number of benzene rings is 11. The summed E-state index contributed by atoms with van der Waals surface area (Å²) in [5.74, 6) is 1.79. The van der Waals surface area contributed by atoms with Crippen LogP contribution in [0.5, 0.6) is 11.5 Å². The van der Waals surface area contributed by atoms with E-state index in [4.69, 9.17) is 4.74 Å². The summed E-state index contributed by atoms with van der Waals surface area (Å²) in [6.45, 7) is 0. The lowest BCUT2D eigenvalue weighted by molar-refractivity contribution is 0.436. The number of anilines is 3. The van der Waals surface area contributed by atoms with Crippen LogP contribution in [0.25, 0.3) is 49.7 Å². The van der Waals surface area contributed by atoms with Crippen molar-refractivity contribution in [3.8, 4) is 39.4 Å². The lowest BCUT2D eigenvalue weighted by Crippen LogP contribution is -2.32. The van der Waals surface area contributed by atoms with E-state index in [2.05, 4.69) is 264 Å². The van der Waals surface area contributed by atoms with Crippen molar-refractivity contribution in [3.05, 3.63) is 299 Å². The smallest absolute Gasteiger partial charge is 0.132 e. The molecule has 0 atom stereocenters. The van der Waals surface area contributed by atoms with Gasteiger partial charge >= 0.3 is 0 Å². The molecule has 0 fully saturated rings. The first kappa shape index (κ1) is 40.0. The van der Waals surface area contributed by atoms with Crippen molar-refractivity contribution in [2.24, 2.45) is 0 Å². The normalized spacial score (nSPS) is 14.4. The summed E-state index contributed by atoms with van der Waals surface area (Å²) in [6.07, 6.45) is 0. The van der Waals surface area contributed by atoms with Crippen LogP contribution in [0.4, 0.5) is 17.1 Å². The van der Waals surface area contributed by atoms with Crippen LogP contribution in [0.3, 0.4) is 0 Å². The lowest BCUT2D eigenvalue weighted by Gasteiger charge is -2.39. The van der Waals surface area contributed by atoms with Crippen LogP contribution >= 0.6 is 11.8 Å². The van der Waals surface area contributed by atoms with Crippen LogP contribution in [-0.4, -0.2) is 4.57 Å². The molecule has 0 bridgehead atoms. The molecule has 0 radical (unpaired) electrons. The Morgan fingerprint density at radius 1 is 0.319 bits per heavy atom. The highest BCUT2D eigenvalue weighted by Crippen LogP contribution is 2.65. The zero-order chi connectivity index (χ0) is 47.1. The predicted octanol–water partition coefficient (Wildman–Crippen LogP) is 17.5. The highest BCUT2D eigenvalue weighted by molar-refractivity contribution is 7.99. The number of aromatic nitrogens is 1. The van der Waals surface area contributed by atoms with Crippen LogP contribution in [0.15, 0.2) is 265 Å². The van der Waals surface area contributed by atoms with Crippen molar-refractivity contribution in [2.75, 3.05) is 4.90 Å². The third-order valence-electron chi connectivity index (χ3n) is 16.1. The maximum Gasteiger partial charge on any atom is 0.132 e. The first-order valence-corrected chi connectivity index (χ1v) is 25.6. The molecule has 4 heteroatoms. The minimum Gasteiger partial charge on any atom is -0.457 e. The summed E-state index contributed by atoms with van der Waals surface area (Å²) in [7, 11) is 0. The Morgan fingerprint density at radius 3 is 1.36 bits per heavy atom. The van der Waals surface area contributed by atoms with Crippen LogP contribution in [0.2, 0.25) is 0 Å². The molecule has 2 aliphatic heterocycles. The molecule has 0 amide bonds. The molecule has 11 aromatic carbocycles. The van der Waals surface area contributed by atoms with Crippen molar-refractivity contribution in [3.63, 3.8) is 0 Å². The minimum atomic E-state index is -0.563. The van der Waals surface area contributed by atoms with Crippen molar-refractivity contribution in [1.82, 2.24) is 4.57 Å². The van der Waals surface area contributed by atoms with Gasteiger partial charge in [-0.3, -0.25) is 0 Å². The van der Waals surface area contributed by atoms with Gasteiger partial charge in [-0.25, -0.2) is 0 Å². The summed E-state index contributed by atoms with van der Waals surface area (Å²) in [6, 6.07) is 94.6. The Balaban J connectivity index is 0.971. The summed E-state index contributed by atoms with van der Waals surface area (Å²) in [4.78, 5) is 5.11. The summed E-state index contributed by atoms with van der Waals surface area (Å²) in [5.41, 5.74) is 20.9. The second-order valence-electron chi connectivity index (χ2n) is 19.5. The third kappa shape index (κ3) is 5.16. The Bertz CT molecular complexity index is 3980. The van der Waals surface area contributed by atoms with Gasteiger partial charge in [0.2, 0.25) is 0 Å². The Labute approximate surface area is 421 Å². The van der Waals surface area contributed by atoms with E-state index in [1.807, 2.05) is 11.8 Å². The molecule has 16 rings (SSSR count). The molecule has 0 saturated carbocycles. The van der Waals surface area contributed by atoms with Crippen molar-refractivity contribution in [2.45, 2.75) is 20.6 Å². The fourth-order valence-electron chi connectivity index (χ4n) is 13.4. The molecule has 0 saturated heterocycles. The standard InChI is InChI=1S/C68H42N2OS/c1-2-18-43(19-3-1)70-61-29-13-6-22-49(61)50-37-34-46(42-62(50)70)69(44-35-38-55-51(40-44)47-20-4-7-23-53(47)67(55)57-25-9-14-30-63(57)71-64-31-15-10-26-58(64)67)45-36-39-56-52(41-45)48-21-5-8-24-54(48)68(56)59-27-11-16-32-65(59)72-66-33-17-12-28-60(66)68/h1-42H. The number of para-hydroxylation sites is 4. The fraction of sp³-hybridized carbons (Fsp3) is 0.0294. The zero-order valence-corrected chi connectivity index (χ0v) is 39.8. The van der Waals surface area contributed by atoms with E-state index in [-0.39, 0.29) is 0 Å². The number of fused-ring (bicyclic) bond motifs is 21. The zero-order valence-electron chi connectivity index (χ0n) is 39.0. The van der Waals surface area contributed by atoms with Gasteiger partial charge in [-0.05, 0) is 134 Å². The van der Waals surface area contributed by atoms with Crippen LogP contribution in [-0.2, 0) is 10.8 Å². The molecular weight excluding hydrogens is 893 g/mol. The summed E-state index contributed by atoms with van der Waals surface area (Å²) >= 11 is 1.89. The number of nitrogens with zero attached hydrogens (tertiary/aromatic N) is 2. The number of hydrogen-bond donors (Lipinski definition) is 0. The Morgan fingerprint density at radius 2 is 0.750 bits per heavy atom. The molecule has 72 heavy (non-hydrogen) atoms. The predicted molar refractivity (Wildman–Crippen MR) is 294 cm³/mol. The van der Waals surface area contributed by atoms with Crippen molar-refractivity contribution >= 4 is 50.6 Å². The molecular formula is C68H42N2OS. The highest BCUT2D eigenvalue weighted by atomic mass is 32.2. The highest BCUT2D eigenvalue weighted by Gasteiger charge is 2.52. The fourth-order valence-corrected chi connectivity index (χ4v) is 14.6. The maximum absolute atomic E-state index is 6.70. The van der Waals surface area contributed by atoms with E-state index in [9.17, 15) is 0 Å². The Kier molecular flexibility index (Phi) is 8.24. The van der Waals surface area contributed by atoms with E-state index in [1.54, 1.807) is 0 Å². The van der Waals surface area contributed by atoms with Gasteiger partial charge in [-0.2, -0.15) is 0 Å². The van der Waals surface area contributed by atoms with Gasteiger partial charge in [0.25, 0.3) is 0 Å². The van der Waals surface area contributed by atoms with Gasteiger partial charge < -0.3 is 14.2 Å². The van der Waals surface area contributed by atoms with E-state index in [0.29, 0.717) is 0 Å². The molecule has 3 heterocycles. The second kappa shape index (κ2) is 14.8. The molecule has 3 nitrogen and oxygen atoms in total. The molecule has 2 aliphatic carbocycles. The number of ether oxygens (including phenoxy) is 1. The Hall–Kier alpha value is -8.83. The van der Waals surface area contributed by atoms with Crippen LogP contribution < -0.4 is 9.64 Å². The molecule has 4 aliphatic rings. The van der Waals surface area contributed by atoms with Gasteiger partial charge in [0, 0.05) is 54.4 Å². The molecule has 336 valence electrons. The lowest BCUT2D eigenvalue weighted by atomic mass is 9.66. The van der Waals surface area contributed by atoms with E-state index < -0.39 is 10.8 Å². The second-order valence-corrected chi connectivity index (χ2v) is 20.5. The topological polar surface area (TPSA) is 17.4 Å². The van der Waals surface area contributed by atoms with E-state index >= 15 is 0 Å². The minimum absolute atomic E-state index is 0.467. The molecule has 12 aromatic rings. The largest absolute Gasteiger partial charge is 0.457 e. The van der Waals surface area contributed by atoms with Gasteiger partial charge in [0.15, 0.2) is 0 Å². The van der Waals surface area contributed by atoms with Crippen LogP contribution in [0, 0.1) is 0 Å². The molecule has 0 unspecified atom stereocenters. The number of hydrogen-bond acceptors (Lipinski definition) is 3. The monoisotopic (exact) mass is 934 g/mol. The van der Waals surface area contributed by atoms with E-state index in [1.165, 1.54) is 81.7 Å². The molecule has 1 aromatic heterocycles. The van der Waals surface area contributed by atoms with E-state index in [0.717, 1.165) is 50.9 Å². The average Bonchev–Trinajstić information content (AvgIpc) is 4.03. The van der Waals surface area contributed by atoms with Crippen molar-refractivity contribution in [1.29, 1.82) is 0 Å². The maximum atomic E-state index is 6.70. The summed E-state index contributed by atoms with van der Waals surface area (Å²) < 4.78 is 9.13. The quantitative estimate of drug-likeness (QED) is 0.175. The van der Waals surface area contributed by atoms with Gasteiger partial charge in [0.1, 0.15) is 11.5 Å². The molecule has 2 spiro atoms. The first-order chi connectivity index (χ1) is 35.7. The summed E-state index contributed by atoms with van der Waals surface area (Å²) in [5, 5.41) is 2.45. The van der Waals surface area contributed by atoms with Crippen molar-refractivity contribution < 1.29 is 4.74 Å². The van der Waals surface area contributed by atoms with Gasteiger partial charge in [-0.15, -0.1) is 0 Å². The third-order valence-corrected chi connectivity index (χ3v) is 17.3. The van der Waals surface area contributed by atoms with Gasteiger partial charge in [-0.1, -0.05) is 188 Å². The SMILES string of the molecule is c1ccc(-n2c3ccccc3c3ccc(N(c4ccc5c(c4)-c4ccccc4C54c5ccccc5Oc5ccccc54)c4ccc5c(c4)-c4ccccc4C54c5ccccc5Sc5ccccc54)cc32)cc1. The molecule has 0 N–H and O–H groups in total. The van der Waals surface area contributed by atoms with Crippen LogP contribution in [0.1, 0.15) is 44.5 Å². The first-order valence-electron chi connectivity index (χ1n) is 24.8.